The summed E-state index contributed by atoms with van der Waals surface area (Å²) in [7, 11) is 0. The van der Waals surface area contributed by atoms with E-state index in [0.717, 1.165) is 11.3 Å². The van der Waals surface area contributed by atoms with E-state index in [1.54, 1.807) is 23.9 Å². The smallest absolute Gasteiger partial charge is 0.247 e. The van der Waals surface area contributed by atoms with Crippen molar-refractivity contribution >= 4 is 23.4 Å². The first kappa shape index (κ1) is 10.5. The minimum atomic E-state index is 0.538. The van der Waals surface area contributed by atoms with Gasteiger partial charge in [0.05, 0.1) is 5.75 Å². The fourth-order valence-corrected chi connectivity index (χ4v) is 1.63. The monoisotopic (exact) mass is 240 g/mol. The van der Waals surface area contributed by atoms with Crippen LogP contribution in [0.4, 0.5) is 0 Å². The van der Waals surface area contributed by atoms with Crippen LogP contribution in [0.15, 0.2) is 28.7 Å². The molecule has 1 heterocycles. The summed E-state index contributed by atoms with van der Waals surface area (Å²) in [5.74, 6) is 1.92. The van der Waals surface area contributed by atoms with Gasteiger partial charge in [0.1, 0.15) is 0 Å². The standard InChI is InChI=1S/C10H9ClN2OS/c1-15-6-9-12-13-10(14-9)7-2-4-8(11)5-3-7/h2-5H,6H2,1H3. The van der Waals surface area contributed by atoms with E-state index in [2.05, 4.69) is 10.2 Å². The molecule has 0 amide bonds. The summed E-state index contributed by atoms with van der Waals surface area (Å²) in [6.07, 6.45) is 1.99. The van der Waals surface area contributed by atoms with Crippen LogP contribution in [0.1, 0.15) is 5.89 Å². The van der Waals surface area contributed by atoms with Crippen molar-refractivity contribution in [3.63, 3.8) is 0 Å². The van der Waals surface area contributed by atoms with E-state index < -0.39 is 0 Å². The van der Waals surface area contributed by atoms with E-state index in [1.165, 1.54) is 0 Å². The zero-order chi connectivity index (χ0) is 10.7. The van der Waals surface area contributed by atoms with Crippen molar-refractivity contribution in [1.82, 2.24) is 10.2 Å². The minimum Gasteiger partial charge on any atom is -0.420 e. The molecule has 0 unspecified atom stereocenters. The lowest BCUT2D eigenvalue weighted by Gasteiger charge is -1.93. The van der Waals surface area contributed by atoms with Crippen LogP contribution < -0.4 is 0 Å². The first-order valence-corrected chi connectivity index (χ1v) is 6.14. The average Bonchev–Trinajstić information content (AvgIpc) is 2.68. The topological polar surface area (TPSA) is 38.9 Å². The number of hydrogen-bond acceptors (Lipinski definition) is 4. The van der Waals surface area contributed by atoms with E-state index in [-0.39, 0.29) is 0 Å². The number of rotatable bonds is 3. The summed E-state index contributed by atoms with van der Waals surface area (Å²) in [6.45, 7) is 0. The van der Waals surface area contributed by atoms with Crippen LogP contribution in [-0.2, 0) is 5.75 Å². The first-order valence-electron chi connectivity index (χ1n) is 4.37. The second-order valence-electron chi connectivity index (χ2n) is 2.94. The maximum atomic E-state index is 5.78. The van der Waals surface area contributed by atoms with Crippen LogP contribution in [0.5, 0.6) is 0 Å². The van der Waals surface area contributed by atoms with Crippen molar-refractivity contribution in [2.45, 2.75) is 5.75 Å². The van der Waals surface area contributed by atoms with E-state index in [9.17, 15) is 0 Å². The number of halogens is 1. The highest BCUT2D eigenvalue weighted by Crippen LogP contribution is 2.21. The number of hydrogen-bond donors (Lipinski definition) is 0. The largest absolute Gasteiger partial charge is 0.420 e. The molecule has 0 aliphatic carbocycles. The highest BCUT2D eigenvalue weighted by atomic mass is 35.5. The van der Waals surface area contributed by atoms with Gasteiger partial charge in [-0.3, -0.25) is 0 Å². The summed E-state index contributed by atoms with van der Waals surface area (Å²) in [5.41, 5.74) is 0.888. The molecule has 0 spiro atoms. The van der Waals surface area contributed by atoms with Gasteiger partial charge in [0.15, 0.2) is 0 Å². The molecule has 5 heteroatoms. The van der Waals surface area contributed by atoms with Gasteiger partial charge in [0.2, 0.25) is 11.8 Å². The van der Waals surface area contributed by atoms with Crippen molar-refractivity contribution < 1.29 is 4.42 Å². The molecule has 0 aliphatic heterocycles. The van der Waals surface area contributed by atoms with Gasteiger partial charge in [-0.15, -0.1) is 10.2 Å². The summed E-state index contributed by atoms with van der Waals surface area (Å²) >= 11 is 7.43. The molecule has 1 aromatic heterocycles. The predicted octanol–water partition coefficient (Wildman–Crippen LogP) is 3.25. The van der Waals surface area contributed by atoms with E-state index >= 15 is 0 Å². The maximum Gasteiger partial charge on any atom is 0.247 e. The fraction of sp³-hybridized carbons (Fsp3) is 0.200. The number of benzene rings is 1. The lowest BCUT2D eigenvalue weighted by molar-refractivity contribution is 0.528. The lowest BCUT2D eigenvalue weighted by Crippen LogP contribution is -1.77. The lowest BCUT2D eigenvalue weighted by atomic mass is 10.2. The van der Waals surface area contributed by atoms with Crippen LogP contribution in [0.2, 0.25) is 5.02 Å². The minimum absolute atomic E-state index is 0.538. The van der Waals surface area contributed by atoms with Gasteiger partial charge in [0.25, 0.3) is 0 Å². The highest BCUT2D eigenvalue weighted by Gasteiger charge is 2.07. The molecule has 15 heavy (non-hydrogen) atoms. The average molecular weight is 241 g/mol. The summed E-state index contributed by atoms with van der Waals surface area (Å²) < 4.78 is 5.46. The van der Waals surface area contributed by atoms with Crippen molar-refractivity contribution in [3.8, 4) is 11.5 Å². The first-order chi connectivity index (χ1) is 7.29. The van der Waals surface area contributed by atoms with Crippen LogP contribution >= 0.6 is 23.4 Å². The zero-order valence-electron chi connectivity index (χ0n) is 8.11. The van der Waals surface area contributed by atoms with Crippen LogP contribution in [0, 0.1) is 0 Å². The van der Waals surface area contributed by atoms with Gasteiger partial charge in [-0.2, -0.15) is 11.8 Å². The Balaban J connectivity index is 2.25. The zero-order valence-corrected chi connectivity index (χ0v) is 9.68. The summed E-state index contributed by atoms with van der Waals surface area (Å²) in [6, 6.07) is 7.32. The number of aromatic nitrogens is 2. The van der Waals surface area contributed by atoms with Gasteiger partial charge in [-0.1, -0.05) is 11.6 Å². The van der Waals surface area contributed by atoms with Crippen LogP contribution in [0.3, 0.4) is 0 Å². The Bertz CT molecular complexity index is 441. The van der Waals surface area contributed by atoms with Gasteiger partial charge in [-0.25, -0.2) is 0 Å². The van der Waals surface area contributed by atoms with Crippen molar-refractivity contribution in [2.24, 2.45) is 0 Å². The van der Waals surface area contributed by atoms with Gasteiger partial charge < -0.3 is 4.42 Å². The van der Waals surface area contributed by atoms with Gasteiger partial charge >= 0.3 is 0 Å². The summed E-state index contributed by atoms with van der Waals surface area (Å²) in [5, 5.41) is 8.59. The van der Waals surface area contributed by atoms with E-state index in [1.807, 2.05) is 18.4 Å². The Kier molecular flexibility index (Phi) is 3.28. The molecular formula is C10H9ClN2OS. The molecule has 2 rings (SSSR count). The van der Waals surface area contributed by atoms with E-state index in [4.69, 9.17) is 16.0 Å². The van der Waals surface area contributed by atoms with Crippen LogP contribution in [-0.4, -0.2) is 16.5 Å². The Morgan fingerprint density at radius 1 is 1.27 bits per heavy atom. The molecule has 0 saturated heterocycles. The van der Waals surface area contributed by atoms with Crippen LogP contribution in [0.25, 0.3) is 11.5 Å². The Labute approximate surface area is 96.8 Å². The van der Waals surface area contributed by atoms with Crippen molar-refractivity contribution in [3.05, 3.63) is 35.2 Å². The molecule has 78 valence electrons. The summed E-state index contributed by atoms with van der Waals surface area (Å²) in [4.78, 5) is 0. The molecular weight excluding hydrogens is 232 g/mol. The quantitative estimate of drug-likeness (QED) is 0.826. The predicted molar refractivity (Wildman–Crippen MR) is 62.0 cm³/mol. The maximum absolute atomic E-state index is 5.78. The van der Waals surface area contributed by atoms with Gasteiger partial charge in [-0.05, 0) is 30.5 Å². The molecule has 0 fully saturated rings. The molecule has 3 nitrogen and oxygen atoms in total. The molecule has 2 aromatic rings. The third kappa shape index (κ3) is 2.52. The number of thioether (sulfide) groups is 1. The Morgan fingerprint density at radius 3 is 2.67 bits per heavy atom. The van der Waals surface area contributed by atoms with Crippen molar-refractivity contribution in [2.75, 3.05) is 6.26 Å². The molecule has 0 N–H and O–H groups in total. The Hall–Kier alpha value is -1.00. The third-order valence-electron chi connectivity index (χ3n) is 1.83. The molecule has 0 saturated carbocycles. The SMILES string of the molecule is CSCc1nnc(-c2ccc(Cl)cc2)o1. The Morgan fingerprint density at radius 2 is 2.00 bits per heavy atom. The molecule has 0 bridgehead atoms. The fourth-order valence-electron chi connectivity index (χ4n) is 1.14. The molecule has 0 aliphatic rings. The molecule has 1 aromatic carbocycles. The molecule has 0 atom stereocenters. The highest BCUT2D eigenvalue weighted by molar-refractivity contribution is 7.97. The van der Waals surface area contributed by atoms with Crippen molar-refractivity contribution in [1.29, 1.82) is 0 Å². The second-order valence-corrected chi connectivity index (χ2v) is 4.24. The van der Waals surface area contributed by atoms with Gasteiger partial charge in [0, 0.05) is 10.6 Å². The normalized spacial score (nSPS) is 10.5. The molecule has 0 radical (unpaired) electrons. The third-order valence-corrected chi connectivity index (χ3v) is 2.61. The number of nitrogens with zero attached hydrogens (tertiary/aromatic N) is 2. The van der Waals surface area contributed by atoms with E-state index in [0.29, 0.717) is 16.8 Å². The second kappa shape index (κ2) is 4.68.